The quantitative estimate of drug-likeness (QED) is 0.827. The van der Waals surface area contributed by atoms with Gasteiger partial charge in [-0.2, -0.15) is 9.47 Å². The highest BCUT2D eigenvalue weighted by Crippen LogP contribution is 2.38. The van der Waals surface area contributed by atoms with Crippen LogP contribution >= 0.6 is 23.8 Å². The maximum absolute atomic E-state index is 5.29. The molecule has 2 N–H and O–H groups in total. The maximum atomic E-state index is 5.29. The molecule has 3 rings (SSSR count). The average molecular weight is 324 g/mol. The smallest absolute Gasteiger partial charge is 0.202 e. The number of hydrogen-bond acceptors (Lipinski definition) is 6. The van der Waals surface area contributed by atoms with Crippen molar-refractivity contribution in [3.63, 3.8) is 0 Å². The highest BCUT2D eigenvalue weighted by atomic mass is 32.1. The summed E-state index contributed by atoms with van der Waals surface area (Å²) in [5, 5.41) is 11.4. The highest BCUT2D eigenvalue weighted by Gasteiger charge is 2.28. The van der Waals surface area contributed by atoms with Gasteiger partial charge in [-0.1, -0.05) is 20.8 Å². The van der Waals surface area contributed by atoms with Gasteiger partial charge in [0.25, 0.3) is 0 Å². The second-order valence-electron chi connectivity index (χ2n) is 6.41. The number of H-pyrrole nitrogens is 1. The van der Waals surface area contributed by atoms with Crippen molar-refractivity contribution in [3.05, 3.63) is 16.4 Å². The topological polar surface area (TPSA) is 71.4 Å². The minimum atomic E-state index is -0.0112. The van der Waals surface area contributed by atoms with Gasteiger partial charge in [0, 0.05) is 36.0 Å². The van der Waals surface area contributed by atoms with Gasteiger partial charge in [0.2, 0.25) is 5.13 Å². The highest BCUT2D eigenvalue weighted by molar-refractivity contribution is 7.71. The molecule has 8 heteroatoms. The summed E-state index contributed by atoms with van der Waals surface area (Å²) in [7, 11) is 0. The van der Waals surface area contributed by atoms with Gasteiger partial charge in [0.05, 0.1) is 0 Å². The van der Waals surface area contributed by atoms with Gasteiger partial charge in [-0.25, -0.2) is 4.98 Å². The molecule has 2 aromatic heterocycles. The number of aromatic amines is 1. The van der Waals surface area contributed by atoms with Gasteiger partial charge >= 0.3 is 0 Å². The van der Waals surface area contributed by atoms with Crippen LogP contribution in [0.1, 0.15) is 51.2 Å². The van der Waals surface area contributed by atoms with E-state index in [1.165, 1.54) is 24.4 Å². The number of nitrogens with one attached hydrogen (secondary N) is 2. The van der Waals surface area contributed by atoms with Crippen molar-refractivity contribution >= 4 is 28.9 Å². The van der Waals surface area contributed by atoms with Crippen molar-refractivity contribution in [2.24, 2.45) is 0 Å². The van der Waals surface area contributed by atoms with Crippen LogP contribution in [0.25, 0.3) is 0 Å². The van der Waals surface area contributed by atoms with Crippen molar-refractivity contribution in [2.75, 3.05) is 11.9 Å². The molecule has 0 spiro atoms. The molecular formula is C13H20N6S2. The molecule has 6 nitrogen and oxygen atoms in total. The third-order valence-electron chi connectivity index (χ3n) is 3.44. The molecule has 0 amide bonds. The van der Waals surface area contributed by atoms with Gasteiger partial charge in [0.1, 0.15) is 11.6 Å². The van der Waals surface area contributed by atoms with Crippen molar-refractivity contribution in [2.45, 2.75) is 51.5 Å². The molecule has 1 aliphatic carbocycles. The van der Waals surface area contributed by atoms with Crippen LogP contribution in [0.2, 0.25) is 0 Å². The van der Waals surface area contributed by atoms with Gasteiger partial charge in [0.15, 0.2) is 4.77 Å². The van der Waals surface area contributed by atoms with Crippen LogP contribution in [-0.4, -0.2) is 30.7 Å². The number of nitrogens with zero attached hydrogens (tertiary/aromatic N) is 4. The third kappa shape index (κ3) is 3.32. The lowest BCUT2D eigenvalue weighted by molar-refractivity contribution is 0.555. The Morgan fingerprint density at radius 3 is 2.81 bits per heavy atom. The molecule has 2 heterocycles. The van der Waals surface area contributed by atoms with Crippen molar-refractivity contribution in [1.82, 2.24) is 24.1 Å². The van der Waals surface area contributed by atoms with E-state index in [2.05, 4.69) is 50.2 Å². The summed E-state index contributed by atoms with van der Waals surface area (Å²) < 4.78 is 7.19. The fraction of sp³-hybridized carbons (Fsp3) is 0.692. The number of rotatable bonds is 5. The van der Waals surface area contributed by atoms with Crippen LogP contribution in [0.5, 0.6) is 0 Å². The summed E-state index contributed by atoms with van der Waals surface area (Å²) in [6.45, 7) is 7.92. The van der Waals surface area contributed by atoms with Crippen LogP contribution in [0.4, 0.5) is 5.13 Å². The van der Waals surface area contributed by atoms with Crippen LogP contribution < -0.4 is 5.32 Å². The molecule has 1 fully saturated rings. The first-order chi connectivity index (χ1) is 9.95. The number of anilines is 1. The maximum Gasteiger partial charge on any atom is 0.202 e. The Hall–Kier alpha value is -1.28. The first kappa shape index (κ1) is 14.6. The molecular weight excluding hydrogens is 304 g/mol. The molecule has 1 aliphatic rings. The Bertz CT molecular complexity index is 673. The molecule has 0 saturated heterocycles. The van der Waals surface area contributed by atoms with E-state index in [9.17, 15) is 0 Å². The van der Waals surface area contributed by atoms with E-state index in [1.807, 2.05) is 0 Å². The second-order valence-corrected chi connectivity index (χ2v) is 7.55. The summed E-state index contributed by atoms with van der Waals surface area (Å²) in [6, 6.07) is 0. The van der Waals surface area contributed by atoms with E-state index in [1.54, 1.807) is 0 Å². The second kappa shape index (κ2) is 5.49. The molecule has 0 unspecified atom stereocenters. The molecule has 0 aliphatic heterocycles. The van der Waals surface area contributed by atoms with Crippen LogP contribution in [0, 0.1) is 4.77 Å². The molecule has 0 radical (unpaired) electrons. The van der Waals surface area contributed by atoms with E-state index in [-0.39, 0.29) is 5.41 Å². The first-order valence-electron chi connectivity index (χ1n) is 7.18. The van der Waals surface area contributed by atoms with E-state index in [0.29, 0.717) is 10.7 Å². The molecule has 0 atom stereocenters. The minimum absolute atomic E-state index is 0.0112. The Kier molecular flexibility index (Phi) is 3.83. The SMILES string of the molecule is CC(C)(C)c1nsc(NCCn2c(C3CC3)n[nH]c2=S)n1. The molecule has 114 valence electrons. The zero-order chi connectivity index (χ0) is 15.0. The lowest BCUT2D eigenvalue weighted by atomic mass is 9.96. The van der Waals surface area contributed by atoms with Crippen molar-refractivity contribution in [1.29, 1.82) is 0 Å². The number of hydrogen-bond donors (Lipinski definition) is 2. The van der Waals surface area contributed by atoms with Crippen LogP contribution in [-0.2, 0) is 12.0 Å². The lowest BCUT2D eigenvalue weighted by Gasteiger charge is -2.12. The van der Waals surface area contributed by atoms with Crippen molar-refractivity contribution in [3.8, 4) is 0 Å². The summed E-state index contributed by atoms with van der Waals surface area (Å²) in [5.41, 5.74) is -0.0112. The van der Waals surface area contributed by atoms with Crippen molar-refractivity contribution < 1.29 is 0 Å². The largest absolute Gasteiger partial charge is 0.358 e. The monoisotopic (exact) mass is 324 g/mol. The molecule has 2 aromatic rings. The van der Waals surface area contributed by atoms with E-state index in [4.69, 9.17) is 12.2 Å². The Labute approximate surface area is 133 Å². The molecule has 21 heavy (non-hydrogen) atoms. The van der Waals surface area contributed by atoms with E-state index >= 15 is 0 Å². The predicted octanol–water partition coefficient (Wildman–Crippen LogP) is 3.08. The molecule has 0 bridgehead atoms. The Morgan fingerprint density at radius 1 is 1.43 bits per heavy atom. The van der Waals surface area contributed by atoms with E-state index < -0.39 is 0 Å². The predicted molar refractivity (Wildman–Crippen MR) is 86.5 cm³/mol. The summed E-state index contributed by atoms with van der Waals surface area (Å²) in [6.07, 6.45) is 2.44. The molecule has 0 aromatic carbocycles. The summed E-state index contributed by atoms with van der Waals surface area (Å²) in [5.74, 6) is 2.56. The standard InChI is InChI=1S/C13H20N6S2/c1-13(2,3)10-15-11(21-18-10)14-6-7-19-9(8-4-5-8)16-17-12(19)20/h8H,4-7H2,1-3H3,(H,17,20)(H,14,15,18). The summed E-state index contributed by atoms with van der Waals surface area (Å²) >= 11 is 6.70. The van der Waals surface area contributed by atoms with Gasteiger partial charge < -0.3 is 9.88 Å². The Morgan fingerprint density at radius 2 is 2.19 bits per heavy atom. The first-order valence-corrected chi connectivity index (χ1v) is 8.36. The summed E-state index contributed by atoms with van der Waals surface area (Å²) in [4.78, 5) is 4.53. The average Bonchev–Trinajstić information content (AvgIpc) is 3.01. The normalized spacial score (nSPS) is 15.4. The zero-order valence-electron chi connectivity index (χ0n) is 12.5. The van der Waals surface area contributed by atoms with Crippen LogP contribution in [0.3, 0.4) is 0 Å². The van der Waals surface area contributed by atoms with Crippen LogP contribution in [0.15, 0.2) is 0 Å². The van der Waals surface area contributed by atoms with Gasteiger partial charge in [-0.05, 0) is 25.1 Å². The lowest BCUT2D eigenvalue weighted by Crippen LogP contribution is -2.15. The fourth-order valence-electron chi connectivity index (χ4n) is 2.07. The fourth-order valence-corrected chi connectivity index (χ4v) is 3.09. The zero-order valence-corrected chi connectivity index (χ0v) is 14.1. The minimum Gasteiger partial charge on any atom is -0.358 e. The number of aromatic nitrogens is 5. The Balaban J connectivity index is 1.60. The van der Waals surface area contributed by atoms with E-state index in [0.717, 1.165) is 29.9 Å². The van der Waals surface area contributed by atoms with Gasteiger partial charge in [-0.15, -0.1) is 0 Å². The third-order valence-corrected chi connectivity index (χ3v) is 4.42. The molecule has 1 saturated carbocycles. The van der Waals surface area contributed by atoms with Gasteiger partial charge in [-0.3, -0.25) is 5.10 Å².